The number of hydrogen-bond donors (Lipinski definition) is 0. The normalized spacial score (nSPS) is 10.7. The van der Waals surface area contributed by atoms with Crippen molar-refractivity contribution in [2.45, 2.75) is 24.5 Å². The maximum atomic E-state index is 10.7. The smallest absolute Gasteiger partial charge is 0.277 e. The average Bonchev–Trinajstić information content (AvgIpc) is 3.07. The Labute approximate surface area is 159 Å². The highest BCUT2D eigenvalue weighted by molar-refractivity contribution is 7.98. The molecule has 0 aliphatic rings. The van der Waals surface area contributed by atoms with Gasteiger partial charge >= 0.3 is 0 Å². The SMILES string of the molecule is Cc1cc(Cl)ccc1OCc1nnc(SCc2ccc(C(=O)[O-])cc2)o1. The van der Waals surface area contributed by atoms with Crippen LogP contribution in [-0.2, 0) is 12.4 Å². The first-order valence-electron chi connectivity index (χ1n) is 7.65. The van der Waals surface area contributed by atoms with Crippen LogP contribution in [0.15, 0.2) is 52.1 Å². The molecule has 0 fully saturated rings. The van der Waals surface area contributed by atoms with Crippen LogP contribution < -0.4 is 9.84 Å². The number of hydrogen-bond acceptors (Lipinski definition) is 7. The lowest BCUT2D eigenvalue weighted by molar-refractivity contribution is -0.255. The molecule has 26 heavy (non-hydrogen) atoms. The third kappa shape index (κ3) is 4.77. The van der Waals surface area contributed by atoms with Gasteiger partial charge in [-0.05, 0) is 41.8 Å². The van der Waals surface area contributed by atoms with E-state index in [9.17, 15) is 9.90 Å². The number of carbonyl (C=O) groups is 1. The quantitative estimate of drug-likeness (QED) is 0.573. The molecule has 3 aromatic rings. The Balaban J connectivity index is 1.53. The van der Waals surface area contributed by atoms with Crippen LogP contribution in [-0.4, -0.2) is 16.2 Å². The lowest BCUT2D eigenvalue weighted by Crippen LogP contribution is -2.21. The summed E-state index contributed by atoms with van der Waals surface area (Å²) in [5, 5.41) is 19.7. The number of benzene rings is 2. The number of rotatable bonds is 7. The van der Waals surface area contributed by atoms with E-state index in [1.54, 1.807) is 24.3 Å². The molecule has 0 amide bonds. The Morgan fingerprint density at radius 3 is 2.69 bits per heavy atom. The van der Waals surface area contributed by atoms with Crippen molar-refractivity contribution in [3.05, 3.63) is 70.1 Å². The molecule has 0 spiro atoms. The summed E-state index contributed by atoms with van der Waals surface area (Å²) in [5.41, 5.74) is 2.01. The van der Waals surface area contributed by atoms with E-state index in [1.165, 1.54) is 23.9 Å². The number of nitrogens with zero attached hydrogens (tertiary/aromatic N) is 2. The molecule has 0 aliphatic heterocycles. The Kier molecular flexibility index (Phi) is 5.80. The van der Waals surface area contributed by atoms with Crippen LogP contribution in [0.5, 0.6) is 5.75 Å². The van der Waals surface area contributed by atoms with E-state index in [4.69, 9.17) is 20.8 Å². The van der Waals surface area contributed by atoms with Gasteiger partial charge in [-0.25, -0.2) is 0 Å². The van der Waals surface area contributed by atoms with Crippen molar-refractivity contribution >= 4 is 29.3 Å². The van der Waals surface area contributed by atoms with Gasteiger partial charge in [0, 0.05) is 10.8 Å². The third-order valence-electron chi connectivity index (χ3n) is 3.49. The first-order valence-corrected chi connectivity index (χ1v) is 9.02. The number of carboxylic acids is 1. The highest BCUT2D eigenvalue weighted by Gasteiger charge is 2.09. The van der Waals surface area contributed by atoms with Gasteiger partial charge in [0.05, 0.1) is 5.97 Å². The zero-order chi connectivity index (χ0) is 18.5. The molecule has 0 N–H and O–H groups in total. The molecule has 2 aromatic carbocycles. The van der Waals surface area contributed by atoms with Gasteiger partial charge in [-0.1, -0.05) is 47.6 Å². The van der Waals surface area contributed by atoms with Crippen molar-refractivity contribution in [2.75, 3.05) is 0 Å². The van der Waals surface area contributed by atoms with E-state index < -0.39 is 5.97 Å². The maximum absolute atomic E-state index is 10.7. The summed E-state index contributed by atoms with van der Waals surface area (Å²) >= 11 is 7.27. The summed E-state index contributed by atoms with van der Waals surface area (Å²) in [6.07, 6.45) is 0. The van der Waals surface area contributed by atoms with Gasteiger partial charge in [0.2, 0.25) is 0 Å². The molecule has 0 aliphatic carbocycles. The highest BCUT2D eigenvalue weighted by Crippen LogP contribution is 2.24. The zero-order valence-corrected chi connectivity index (χ0v) is 15.3. The van der Waals surface area contributed by atoms with Crippen LogP contribution in [0.25, 0.3) is 0 Å². The molecular weight excluding hydrogens is 376 g/mol. The molecule has 1 aromatic heterocycles. The number of carboxylic acid groups (broad SMARTS) is 1. The van der Waals surface area contributed by atoms with Gasteiger partial charge in [0.15, 0.2) is 6.61 Å². The van der Waals surface area contributed by atoms with Crippen molar-refractivity contribution < 1.29 is 19.1 Å². The summed E-state index contributed by atoms with van der Waals surface area (Å²) in [4.78, 5) is 10.7. The second kappa shape index (κ2) is 8.25. The van der Waals surface area contributed by atoms with Crippen molar-refractivity contribution in [1.29, 1.82) is 0 Å². The van der Waals surface area contributed by atoms with Crippen molar-refractivity contribution in [2.24, 2.45) is 0 Å². The van der Waals surface area contributed by atoms with Gasteiger partial charge in [-0.15, -0.1) is 10.2 Å². The Bertz CT molecular complexity index is 912. The number of ether oxygens (including phenoxy) is 1. The zero-order valence-electron chi connectivity index (χ0n) is 13.8. The van der Waals surface area contributed by atoms with Crippen molar-refractivity contribution in [1.82, 2.24) is 10.2 Å². The summed E-state index contributed by atoms with van der Waals surface area (Å²) in [6, 6.07) is 11.8. The fourth-order valence-electron chi connectivity index (χ4n) is 2.15. The van der Waals surface area contributed by atoms with E-state index in [0.29, 0.717) is 27.6 Å². The molecule has 0 atom stereocenters. The first-order chi connectivity index (χ1) is 12.5. The fraction of sp³-hybridized carbons (Fsp3) is 0.167. The van der Waals surface area contributed by atoms with Gasteiger partial charge in [0.1, 0.15) is 5.75 Å². The van der Waals surface area contributed by atoms with E-state index in [1.807, 2.05) is 13.0 Å². The maximum Gasteiger partial charge on any atom is 0.277 e. The number of carbonyl (C=O) groups excluding carboxylic acids is 1. The van der Waals surface area contributed by atoms with Gasteiger partial charge in [-0.3, -0.25) is 0 Å². The lowest BCUT2D eigenvalue weighted by atomic mass is 10.1. The van der Waals surface area contributed by atoms with Crippen molar-refractivity contribution in [3.8, 4) is 5.75 Å². The molecule has 0 saturated heterocycles. The van der Waals surface area contributed by atoms with Crippen LogP contribution in [0, 0.1) is 6.92 Å². The second-order valence-electron chi connectivity index (χ2n) is 5.43. The van der Waals surface area contributed by atoms with Crippen LogP contribution in [0.1, 0.15) is 27.4 Å². The molecule has 8 heteroatoms. The predicted octanol–water partition coefficient (Wildman–Crippen LogP) is 3.27. The number of aromatic nitrogens is 2. The Morgan fingerprint density at radius 1 is 1.23 bits per heavy atom. The largest absolute Gasteiger partial charge is 0.545 e. The molecule has 1 heterocycles. The molecule has 0 bridgehead atoms. The molecule has 0 saturated carbocycles. The van der Waals surface area contributed by atoms with Crippen LogP contribution in [0.3, 0.4) is 0 Å². The van der Waals surface area contributed by atoms with Gasteiger partial charge in [0.25, 0.3) is 11.1 Å². The first kappa shape index (κ1) is 18.3. The molecule has 0 radical (unpaired) electrons. The minimum absolute atomic E-state index is 0.147. The molecule has 3 rings (SSSR count). The van der Waals surface area contributed by atoms with Crippen LogP contribution in [0.2, 0.25) is 5.02 Å². The average molecular weight is 390 g/mol. The predicted molar refractivity (Wildman–Crippen MR) is 95.2 cm³/mol. The summed E-state index contributed by atoms with van der Waals surface area (Å²) in [7, 11) is 0. The van der Waals surface area contributed by atoms with Gasteiger partial charge < -0.3 is 19.1 Å². The standard InChI is InChI=1S/C18H15ClN2O4S/c1-11-8-14(19)6-7-15(11)24-9-16-20-21-18(25-16)26-10-12-2-4-13(5-3-12)17(22)23/h2-8H,9-10H2,1H3,(H,22,23)/p-1. The van der Waals surface area contributed by atoms with Crippen molar-refractivity contribution in [3.63, 3.8) is 0 Å². The summed E-state index contributed by atoms with van der Waals surface area (Å²) < 4.78 is 11.2. The number of thioether (sulfide) groups is 1. The second-order valence-corrected chi connectivity index (χ2v) is 6.80. The molecule has 134 valence electrons. The molecule has 6 nitrogen and oxygen atoms in total. The molecule has 0 unspecified atom stereocenters. The number of aromatic carboxylic acids is 1. The third-order valence-corrected chi connectivity index (χ3v) is 4.61. The number of aryl methyl sites for hydroxylation is 1. The minimum atomic E-state index is -1.19. The van der Waals surface area contributed by atoms with E-state index >= 15 is 0 Å². The van der Waals surface area contributed by atoms with E-state index in [0.717, 1.165) is 11.1 Å². The Morgan fingerprint density at radius 2 is 2.00 bits per heavy atom. The number of halogens is 1. The topological polar surface area (TPSA) is 88.3 Å². The van der Waals surface area contributed by atoms with E-state index in [2.05, 4.69) is 10.2 Å². The van der Waals surface area contributed by atoms with Gasteiger partial charge in [-0.2, -0.15) is 0 Å². The van der Waals surface area contributed by atoms with Crippen LogP contribution >= 0.6 is 23.4 Å². The summed E-state index contributed by atoms with van der Waals surface area (Å²) in [6.45, 7) is 2.07. The van der Waals surface area contributed by atoms with Crippen LogP contribution in [0.4, 0.5) is 0 Å². The summed E-state index contributed by atoms with van der Waals surface area (Å²) in [5.74, 6) is 0.456. The monoisotopic (exact) mass is 389 g/mol. The van der Waals surface area contributed by atoms with E-state index in [-0.39, 0.29) is 12.2 Å². The Hall–Kier alpha value is -2.51. The minimum Gasteiger partial charge on any atom is -0.545 e. The lowest BCUT2D eigenvalue weighted by Gasteiger charge is -2.06. The highest BCUT2D eigenvalue weighted by atomic mass is 35.5. The fourth-order valence-corrected chi connectivity index (χ4v) is 3.11. The molecular formula is C18H14ClN2O4S-.